The topological polar surface area (TPSA) is 73.5 Å². The zero-order valence-corrected chi connectivity index (χ0v) is 8.99. The zero-order valence-electron chi connectivity index (χ0n) is 8.99. The third kappa shape index (κ3) is 1.69. The zero-order chi connectivity index (χ0) is 11.5. The molecule has 0 radical (unpaired) electrons. The molecule has 2 aromatic rings. The molecule has 0 fully saturated rings. The summed E-state index contributed by atoms with van der Waals surface area (Å²) < 4.78 is 0. The summed E-state index contributed by atoms with van der Waals surface area (Å²) in [6, 6.07) is 7.77. The van der Waals surface area contributed by atoms with Crippen LogP contribution in [-0.4, -0.2) is 22.1 Å². The van der Waals surface area contributed by atoms with E-state index >= 15 is 0 Å². The maximum absolute atomic E-state index is 7.83. The molecule has 1 aromatic carbocycles. The molecule has 0 amide bonds. The van der Waals surface area contributed by atoms with Crippen LogP contribution in [0, 0.1) is 17.7 Å². The molecule has 0 bridgehead atoms. The number of aromatic nitrogens is 2. The average molecular weight is 212 g/mol. The van der Waals surface area contributed by atoms with E-state index in [2.05, 4.69) is 10.2 Å². The second kappa shape index (κ2) is 4.18. The van der Waals surface area contributed by atoms with Crippen LogP contribution in [0.1, 0.15) is 17.8 Å². The minimum atomic E-state index is 0.293. The SMILES string of the molecule is Cc1nnc(C(=N)CC=N)c2ccccc12. The molecular weight excluding hydrogens is 200 g/mol. The fraction of sp³-hybridized carbons (Fsp3) is 0.167. The molecule has 0 unspecified atom stereocenters. The molecule has 0 spiro atoms. The summed E-state index contributed by atoms with van der Waals surface area (Å²) in [5.41, 5.74) is 1.77. The van der Waals surface area contributed by atoms with Crippen LogP contribution in [0.3, 0.4) is 0 Å². The smallest absolute Gasteiger partial charge is 0.115 e. The van der Waals surface area contributed by atoms with Crippen LogP contribution in [0.25, 0.3) is 10.8 Å². The summed E-state index contributed by atoms with van der Waals surface area (Å²) >= 11 is 0. The number of nitrogens with zero attached hydrogens (tertiary/aromatic N) is 2. The lowest BCUT2D eigenvalue weighted by molar-refractivity contribution is 0.987. The molecule has 80 valence electrons. The van der Waals surface area contributed by atoms with E-state index in [1.165, 1.54) is 6.21 Å². The first-order chi connectivity index (χ1) is 7.74. The van der Waals surface area contributed by atoms with Crippen molar-refractivity contribution in [3.8, 4) is 0 Å². The first-order valence-corrected chi connectivity index (χ1v) is 5.03. The van der Waals surface area contributed by atoms with Gasteiger partial charge in [-0.3, -0.25) is 0 Å². The maximum Gasteiger partial charge on any atom is 0.115 e. The Labute approximate surface area is 93.4 Å². The van der Waals surface area contributed by atoms with Crippen LogP contribution in [0.4, 0.5) is 0 Å². The van der Waals surface area contributed by atoms with Gasteiger partial charge in [-0.15, -0.1) is 5.10 Å². The third-order valence-electron chi connectivity index (χ3n) is 2.46. The van der Waals surface area contributed by atoms with Crippen molar-refractivity contribution in [1.82, 2.24) is 10.2 Å². The standard InChI is InChI=1S/C12H12N4/c1-8-9-4-2-3-5-10(9)12(16-15-8)11(14)6-7-13/h2-5,7,13-14H,6H2,1H3. The molecule has 4 nitrogen and oxygen atoms in total. The lowest BCUT2D eigenvalue weighted by atomic mass is 10.1. The van der Waals surface area contributed by atoms with Crippen LogP contribution in [-0.2, 0) is 0 Å². The van der Waals surface area contributed by atoms with E-state index in [1.54, 1.807) is 0 Å². The Bertz CT molecular complexity index is 560. The Morgan fingerprint density at radius 1 is 1.25 bits per heavy atom. The van der Waals surface area contributed by atoms with Gasteiger partial charge in [0.15, 0.2) is 0 Å². The molecule has 0 atom stereocenters. The molecular formula is C12H12N4. The first kappa shape index (κ1) is 10.4. The summed E-state index contributed by atoms with van der Waals surface area (Å²) in [6.07, 6.45) is 1.50. The van der Waals surface area contributed by atoms with Gasteiger partial charge in [0, 0.05) is 23.4 Å². The molecule has 0 saturated carbocycles. The van der Waals surface area contributed by atoms with Gasteiger partial charge in [0.05, 0.1) is 11.4 Å². The van der Waals surface area contributed by atoms with Crippen molar-refractivity contribution in [2.45, 2.75) is 13.3 Å². The van der Waals surface area contributed by atoms with E-state index in [0.717, 1.165) is 16.5 Å². The minimum absolute atomic E-state index is 0.293. The molecule has 2 N–H and O–H groups in total. The van der Waals surface area contributed by atoms with Crippen molar-refractivity contribution in [3.05, 3.63) is 35.7 Å². The van der Waals surface area contributed by atoms with Gasteiger partial charge in [-0.2, -0.15) is 5.10 Å². The van der Waals surface area contributed by atoms with Gasteiger partial charge in [-0.1, -0.05) is 24.3 Å². The monoisotopic (exact) mass is 212 g/mol. The van der Waals surface area contributed by atoms with Crippen molar-refractivity contribution in [1.29, 1.82) is 10.8 Å². The van der Waals surface area contributed by atoms with Crippen molar-refractivity contribution in [3.63, 3.8) is 0 Å². The second-order valence-electron chi connectivity index (χ2n) is 3.57. The fourth-order valence-electron chi connectivity index (χ4n) is 1.66. The summed E-state index contributed by atoms with van der Waals surface area (Å²) in [6.45, 7) is 1.90. The number of hydrogen-bond acceptors (Lipinski definition) is 4. The summed E-state index contributed by atoms with van der Waals surface area (Å²) in [5, 5.41) is 24.9. The second-order valence-corrected chi connectivity index (χ2v) is 3.57. The molecule has 4 heteroatoms. The molecule has 0 aliphatic carbocycles. The molecule has 1 aromatic heterocycles. The quantitative estimate of drug-likeness (QED) is 0.766. The van der Waals surface area contributed by atoms with Crippen LogP contribution < -0.4 is 0 Å². The van der Waals surface area contributed by atoms with Crippen molar-refractivity contribution < 1.29 is 0 Å². The van der Waals surface area contributed by atoms with Gasteiger partial charge in [0.1, 0.15) is 5.69 Å². The van der Waals surface area contributed by atoms with Gasteiger partial charge in [0.25, 0.3) is 0 Å². The van der Waals surface area contributed by atoms with E-state index in [-0.39, 0.29) is 0 Å². The highest BCUT2D eigenvalue weighted by atomic mass is 15.1. The molecule has 2 rings (SSSR count). The average Bonchev–Trinajstić information content (AvgIpc) is 2.30. The van der Waals surface area contributed by atoms with E-state index in [4.69, 9.17) is 10.8 Å². The van der Waals surface area contributed by atoms with Crippen LogP contribution in [0.2, 0.25) is 0 Å². The Kier molecular flexibility index (Phi) is 2.72. The van der Waals surface area contributed by atoms with Gasteiger partial charge in [-0.25, -0.2) is 0 Å². The molecule has 0 aliphatic heterocycles. The highest BCUT2D eigenvalue weighted by molar-refractivity contribution is 6.11. The summed E-state index contributed by atoms with van der Waals surface area (Å²) in [4.78, 5) is 0. The minimum Gasteiger partial charge on any atom is -0.313 e. The molecule has 0 saturated heterocycles. The first-order valence-electron chi connectivity index (χ1n) is 5.03. The van der Waals surface area contributed by atoms with Crippen molar-refractivity contribution in [2.75, 3.05) is 0 Å². The predicted molar refractivity (Wildman–Crippen MR) is 64.5 cm³/mol. The summed E-state index contributed by atoms with van der Waals surface area (Å²) in [7, 11) is 0. The summed E-state index contributed by atoms with van der Waals surface area (Å²) in [5.74, 6) is 0. The normalized spacial score (nSPS) is 10.3. The number of rotatable bonds is 3. The highest BCUT2D eigenvalue weighted by Gasteiger charge is 2.09. The molecule has 1 heterocycles. The van der Waals surface area contributed by atoms with Gasteiger partial charge < -0.3 is 10.8 Å². The third-order valence-corrected chi connectivity index (χ3v) is 2.46. The van der Waals surface area contributed by atoms with Crippen molar-refractivity contribution in [2.24, 2.45) is 0 Å². The van der Waals surface area contributed by atoms with E-state index in [1.807, 2.05) is 31.2 Å². The van der Waals surface area contributed by atoms with Crippen molar-refractivity contribution >= 4 is 22.7 Å². The van der Waals surface area contributed by atoms with Gasteiger partial charge in [0.2, 0.25) is 0 Å². The Morgan fingerprint density at radius 2 is 1.94 bits per heavy atom. The van der Waals surface area contributed by atoms with Crippen LogP contribution in [0.5, 0.6) is 0 Å². The Hall–Kier alpha value is -2.10. The van der Waals surface area contributed by atoms with Crippen LogP contribution >= 0.6 is 0 Å². The van der Waals surface area contributed by atoms with E-state index < -0.39 is 0 Å². The van der Waals surface area contributed by atoms with E-state index in [0.29, 0.717) is 17.8 Å². The van der Waals surface area contributed by atoms with Gasteiger partial charge >= 0.3 is 0 Å². The van der Waals surface area contributed by atoms with E-state index in [9.17, 15) is 0 Å². The lowest BCUT2D eigenvalue weighted by Crippen LogP contribution is -2.06. The molecule has 16 heavy (non-hydrogen) atoms. The molecule has 0 aliphatic rings. The van der Waals surface area contributed by atoms with Crippen LogP contribution in [0.15, 0.2) is 24.3 Å². The van der Waals surface area contributed by atoms with Gasteiger partial charge in [-0.05, 0) is 6.92 Å². The maximum atomic E-state index is 7.83. The number of aryl methyl sites for hydroxylation is 1. The number of fused-ring (bicyclic) bond motifs is 1. The predicted octanol–water partition coefficient (Wildman–Crippen LogP) is 2.35. The fourth-order valence-corrected chi connectivity index (χ4v) is 1.66. The largest absolute Gasteiger partial charge is 0.313 e. The Balaban J connectivity index is 2.67. The number of hydrogen-bond donors (Lipinski definition) is 2. The number of nitrogens with one attached hydrogen (secondary N) is 2. The number of benzene rings is 1. The lowest BCUT2D eigenvalue weighted by Gasteiger charge is -2.06. The Morgan fingerprint density at radius 3 is 2.62 bits per heavy atom. The highest BCUT2D eigenvalue weighted by Crippen LogP contribution is 2.19.